The van der Waals surface area contributed by atoms with Crippen LogP contribution >= 0.6 is 11.3 Å². The number of nitrogens with one attached hydrogen (secondary N) is 1. The van der Waals surface area contributed by atoms with Crippen molar-refractivity contribution in [2.24, 2.45) is 5.10 Å². The smallest absolute Gasteiger partial charge is 0.275 e. The quantitative estimate of drug-likeness (QED) is 0.180. The van der Waals surface area contributed by atoms with Gasteiger partial charge >= 0.3 is 0 Å². The molecule has 9 heteroatoms. The Morgan fingerprint density at radius 2 is 1.63 bits per heavy atom. The second-order valence-electron chi connectivity index (χ2n) is 8.38. The number of carbonyl (C=O) groups excluding carboxylic acids is 1. The second-order valence-corrected chi connectivity index (χ2v) is 9.39. The Kier molecular flexibility index (Phi) is 8.60. The van der Waals surface area contributed by atoms with Crippen LogP contribution in [0.2, 0.25) is 0 Å². The monoisotopic (exact) mass is 528 g/mol. The molecule has 0 bridgehead atoms. The number of anilines is 1. The third-order valence-electron chi connectivity index (χ3n) is 5.80. The maximum Gasteiger partial charge on any atom is 0.275 e. The molecule has 0 spiro atoms. The van der Waals surface area contributed by atoms with Gasteiger partial charge in [-0.25, -0.2) is 10.4 Å². The average Bonchev–Trinajstić information content (AvgIpc) is 3.41. The number of hydrogen-bond acceptors (Lipinski definition) is 8. The summed E-state index contributed by atoms with van der Waals surface area (Å²) in [7, 11) is 0. The van der Waals surface area contributed by atoms with E-state index in [4.69, 9.17) is 19.2 Å². The van der Waals surface area contributed by atoms with Gasteiger partial charge in [0.25, 0.3) is 5.91 Å². The summed E-state index contributed by atoms with van der Waals surface area (Å²) < 4.78 is 17.0. The lowest BCUT2D eigenvalue weighted by molar-refractivity contribution is 0.0950. The number of thiazole rings is 1. The fraction of sp³-hybridized carbons (Fsp3) is 0.207. The van der Waals surface area contributed by atoms with Crippen LogP contribution in [0.5, 0.6) is 11.5 Å². The van der Waals surface area contributed by atoms with Crippen molar-refractivity contribution in [3.05, 3.63) is 95.4 Å². The van der Waals surface area contributed by atoms with Gasteiger partial charge in [-0.15, -0.1) is 0 Å². The highest BCUT2D eigenvalue weighted by Crippen LogP contribution is 2.32. The summed E-state index contributed by atoms with van der Waals surface area (Å²) in [4.78, 5) is 20.9. The van der Waals surface area contributed by atoms with E-state index in [1.165, 1.54) is 0 Å². The van der Waals surface area contributed by atoms with Gasteiger partial charge in [-0.3, -0.25) is 4.79 Å². The van der Waals surface area contributed by atoms with Crippen LogP contribution in [0.15, 0.2) is 90.0 Å². The topological polar surface area (TPSA) is 85.3 Å². The zero-order valence-electron chi connectivity index (χ0n) is 20.8. The molecule has 38 heavy (non-hydrogen) atoms. The standard InChI is InChI=1S/C29H28N4O4S/c34-28(24-13-7-8-14-25(24)37-20-19-36-23-11-5-2-6-12-23)32-30-21-26-27(22-9-3-1-4-10-22)31-29(38-26)33-15-17-35-18-16-33/h1-14,21H,15-20H2,(H,32,34)/b30-21-. The first-order chi connectivity index (χ1) is 18.8. The molecule has 2 heterocycles. The molecule has 1 aliphatic rings. The minimum atomic E-state index is -0.361. The fourth-order valence-electron chi connectivity index (χ4n) is 3.92. The minimum absolute atomic E-state index is 0.300. The summed E-state index contributed by atoms with van der Waals surface area (Å²) in [5.41, 5.74) is 4.85. The summed E-state index contributed by atoms with van der Waals surface area (Å²) in [5, 5.41) is 5.18. The Bertz CT molecular complexity index is 1360. The van der Waals surface area contributed by atoms with Crippen molar-refractivity contribution in [1.29, 1.82) is 0 Å². The van der Waals surface area contributed by atoms with Crippen molar-refractivity contribution in [2.45, 2.75) is 0 Å². The number of aromatic nitrogens is 1. The van der Waals surface area contributed by atoms with Crippen LogP contribution < -0.4 is 19.8 Å². The number of amides is 1. The lowest BCUT2D eigenvalue weighted by atomic mass is 10.1. The van der Waals surface area contributed by atoms with Crippen molar-refractivity contribution < 1.29 is 19.0 Å². The van der Waals surface area contributed by atoms with Gasteiger partial charge in [0.2, 0.25) is 0 Å². The highest BCUT2D eigenvalue weighted by molar-refractivity contribution is 7.17. The maximum absolute atomic E-state index is 12.9. The number of hydrazone groups is 1. The van der Waals surface area contributed by atoms with E-state index in [-0.39, 0.29) is 5.91 Å². The Hall–Kier alpha value is -4.21. The molecular formula is C29H28N4O4S. The number of rotatable bonds is 10. The van der Waals surface area contributed by atoms with Crippen molar-refractivity contribution in [3.63, 3.8) is 0 Å². The van der Waals surface area contributed by atoms with Crippen molar-refractivity contribution in [2.75, 3.05) is 44.4 Å². The molecule has 1 N–H and O–H groups in total. The highest BCUT2D eigenvalue weighted by Gasteiger charge is 2.19. The number of benzene rings is 3. The number of morpholine rings is 1. The van der Waals surface area contributed by atoms with Crippen LogP contribution in [0, 0.1) is 0 Å². The predicted octanol–water partition coefficient (Wildman–Crippen LogP) is 4.87. The molecule has 8 nitrogen and oxygen atoms in total. The summed E-state index contributed by atoms with van der Waals surface area (Å²) >= 11 is 1.54. The normalized spacial score (nSPS) is 13.4. The number of nitrogens with zero attached hydrogens (tertiary/aromatic N) is 3. The minimum Gasteiger partial charge on any atom is -0.490 e. The molecule has 1 fully saturated rings. The molecule has 1 aliphatic heterocycles. The number of para-hydroxylation sites is 2. The van der Waals surface area contributed by atoms with Gasteiger partial charge in [-0.2, -0.15) is 5.10 Å². The molecular weight excluding hydrogens is 500 g/mol. The summed E-state index contributed by atoms with van der Waals surface area (Å²) in [6, 6.07) is 26.6. The van der Waals surface area contributed by atoms with Gasteiger partial charge in [0, 0.05) is 18.7 Å². The molecule has 3 aromatic carbocycles. The maximum atomic E-state index is 12.9. The van der Waals surface area contributed by atoms with E-state index in [1.54, 1.807) is 35.8 Å². The first kappa shape index (κ1) is 25.4. The number of hydrogen-bond donors (Lipinski definition) is 1. The molecule has 1 amide bonds. The lowest BCUT2D eigenvalue weighted by Crippen LogP contribution is -2.36. The first-order valence-corrected chi connectivity index (χ1v) is 13.2. The Morgan fingerprint density at radius 3 is 2.42 bits per heavy atom. The van der Waals surface area contributed by atoms with Crippen LogP contribution in [-0.4, -0.2) is 56.6 Å². The van der Waals surface area contributed by atoms with Crippen molar-refractivity contribution in [1.82, 2.24) is 10.4 Å². The molecule has 0 unspecified atom stereocenters. The molecule has 194 valence electrons. The van der Waals surface area contributed by atoms with E-state index >= 15 is 0 Å². The average molecular weight is 529 g/mol. The zero-order chi connectivity index (χ0) is 26.0. The lowest BCUT2D eigenvalue weighted by Gasteiger charge is -2.26. The summed E-state index contributed by atoms with van der Waals surface area (Å²) in [5.74, 6) is 0.875. The third kappa shape index (κ3) is 6.56. The van der Waals surface area contributed by atoms with Crippen LogP contribution in [0.25, 0.3) is 11.3 Å². The largest absolute Gasteiger partial charge is 0.490 e. The molecule has 4 aromatic rings. The van der Waals surface area contributed by atoms with E-state index < -0.39 is 0 Å². The van der Waals surface area contributed by atoms with Gasteiger partial charge in [-0.05, 0) is 24.3 Å². The van der Waals surface area contributed by atoms with E-state index in [9.17, 15) is 4.79 Å². The zero-order valence-corrected chi connectivity index (χ0v) is 21.6. The van der Waals surface area contributed by atoms with Gasteiger partial charge in [-0.1, -0.05) is 72.0 Å². The van der Waals surface area contributed by atoms with E-state index in [0.29, 0.717) is 37.7 Å². The Labute approximate surface area is 225 Å². The Morgan fingerprint density at radius 1 is 0.947 bits per heavy atom. The first-order valence-electron chi connectivity index (χ1n) is 12.4. The van der Waals surface area contributed by atoms with E-state index in [1.807, 2.05) is 66.7 Å². The second kappa shape index (κ2) is 12.8. The number of ether oxygens (including phenoxy) is 3. The molecule has 5 rings (SSSR count). The Balaban J connectivity index is 1.25. The predicted molar refractivity (Wildman–Crippen MR) is 150 cm³/mol. The van der Waals surface area contributed by atoms with E-state index in [2.05, 4.69) is 15.4 Å². The summed E-state index contributed by atoms with van der Waals surface area (Å²) in [6.45, 7) is 3.61. The fourth-order valence-corrected chi connectivity index (χ4v) is 4.93. The molecule has 1 aromatic heterocycles. The molecule has 0 saturated carbocycles. The molecule has 0 aliphatic carbocycles. The molecule has 1 saturated heterocycles. The van der Waals surface area contributed by atoms with Crippen molar-refractivity contribution >= 4 is 28.6 Å². The van der Waals surface area contributed by atoms with Gasteiger partial charge < -0.3 is 19.1 Å². The number of carbonyl (C=O) groups is 1. The molecule has 0 atom stereocenters. The van der Waals surface area contributed by atoms with Crippen LogP contribution in [0.1, 0.15) is 15.2 Å². The third-order valence-corrected chi connectivity index (χ3v) is 6.85. The molecule has 0 radical (unpaired) electrons. The SMILES string of the molecule is O=C(N/N=C\c1sc(N2CCOCC2)nc1-c1ccccc1)c1ccccc1OCCOc1ccccc1. The van der Waals surface area contributed by atoms with Crippen LogP contribution in [0.3, 0.4) is 0 Å². The van der Waals surface area contributed by atoms with E-state index in [0.717, 1.165) is 40.1 Å². The van der Waals surface area contributed by atoms with Gasteiger partial charge in [0.1, 0.15) is 24.7 Å². The van der Waals surface area contributed by atoms with Crippen LogP contribution in [0.4, 0.5) is 5.13 Å². The highest BCUT2D eigenvalue weighted by atomic mass is 32.1. The van der Waals surface area contributed by atoms with Crippen LogP contribution in [-0.2, 0) is 4.74 Å². The summed E-state index contributed by atoms with van der Waals surface area (Å²) in [6.07, 6.45) is 1.65. The van der Waals surface area contributed by atoms with Crippen molar-refractivity contribution in [3.8, 4) is 22.8 Å². The van der Waals surface area contributed by atoms with Gasteiger partial charge in [0.05, 0.1) is 35.6 Å². The van der Waals surface area contributed by atoms with Gasteiger partial charge in [0.15, 0.2) is 5.13 Å².